The van der Waals surface area contributed by atoms with E-state index in [1.807, 2.05) is 6.92 Å². The number of nitrogens with one attached hydrogen (secondary N) is 3. The zero-order valence-corrected chi connectivity index (χ0v) is 23.6. The van der Waals surface area contributed by atoms with Crippen LogP contribution in [0.3, 0.4) is 0 Å². The van der Waals surface area contributed by atoms with E-state index in [9.17, 15) is 37.1 Å². The minimum Gasteiger partial charge on any atom is -0.356 e. The molecule has 0 aromatic carbocycles. The summed E-state index contributed by atoms with van der Waals surface area (Å²) in [6, 6.07) is -2.22. The molecular weight excluding hydrogens is 555 g/mol. The lowest BCUT2D eigenvalue weighted by Crippen LogP contribution is -2.61. The van der Waals surface area contributed by atoms with Gasteiger partial charge in [-0.05, 0) is 42.9 Å². The van der Waals surface area contributed by atoms with Gasteiger partial charge in [0.15, 0.2) is 0 Å². The smallest absolute Gasteiger partial charge is 0.291 e. The molecule has 0 bridgehead atoms. The Morgan fingerprint density at radius 3 is 2.42 bits per heavy atom. The molecule has 14 heteroatoms. The third kappa shape index (κ3) is 6.03. The number of rotatable bonds is 9. The molecule has 4 aliphatic rings. The van der Waals surface area contributed by atoms with Gasteiger partial charge < -0.3 is 15.5 Å². The summed E-state index contributed by atoms with van der Waals surface area (Å²) in [5, 5.41) is 5.85. The van der Waals surface area contributed by atoms with Gasteiger partial charge in [-0.2, -0.15) is 0 Å². The first-order valence-corrected chi connectivity index (χ1v) is 14.3. The van der Waals surface area contributed by atoms with Gasteiger partial charge in [0, 0.05) is 19.5 Å². The van der Waals surface area contributed by atoms with Gasteiger partial charge in [-0.1, -0.05) is 38.8 Å². The minimum atomic E-state index is -3.11. The number of halogens is 4. The van der Waals surface area contributed by atoms with E-state index in [0.717, 1.165) is 12.8 Å². The second-order valence-electron chi connectivity index (χ2n) is 12.1. The molecule has 3 N–H and O–H groups in total. The predicted molar refractivity (Wildman–Crippen MR) is 137 cm³/mol. The van der Waals surface area contributed by atoms with E-state index in [2.05, 4.69) is 16.1 Å². The third-order valence-corrected chi connectivity index (χ3v) is 9.26. The fourth-order valence-corrected chi connectivity index (χ4v) is 6.24. The van der Waals surface area contributed by atoms with Crippen molar-refractivity contribution in [2.24, 2.45) is 29.1 Å². The monoisotopic (exact) mass is 591 g/mol. The van der Waals surface area contributed by atoms with E-state index in [0.29, 0.717) is 30.8 Å². The maximum Gasteiger partial charge on any atom is 0.291 e. The van der Waals surface area contributed by atoms with Gasteiger partial charge in [0.05, 0.1) is 12.5 Å². The van der Waals surface area contributed by atoms with Gasteiger partial charge in [-0.25, -0.2) is 18.2 Å². The molecule has 0 aromatic rings. The average Bonchev–Trinajstić information content (AvgIpc) is 3.27. The molecule has 10 nitrogen and oxygen atoms in total. The van der Waals surface area contributed by atoms with E-state index in [-0.39, 0.29) is 30.8 Å². The summed E-state index contributed by atoms with van der Waals surface area (Å²) in [5.74, 6) is -9.34. The molecule has 0 spiro atoms. The number of amides is 5. The molecule has 0 radical (unpaired) electrons. The summed E-state index contributed by atoms with van der Waals surface area (Å²) in [6.07, 6.45) is 2.46. The van der Waals surface area contributed by atoms with Crippen LogP contribution in [0, 0.1) is 29.1 Å². The number of hydrogen-bond donors (Lipinski definition) is 3. The van der Waals surface area contributed by atoms with Gasteiger partial charge in [0.1, 0.15) is 18.0 Å². The quantitative estimate of drug-likeness (QED) is 0.278. The van der Waals surface area contributed by atoms with Crippen LogP contribution in [-0.2, 0) is 24.0 Å². The Hall–Kier alpha value is -2.57. The molecule has 2 saturated carbocycles. The molecular formula is C26H37ClF3N5O5. The van der Waals surface area contributed by atoms with Crippen molar-refractivity contribution < 1.29 is 37.1 Å². The topological polar surface area (TPSA) is 128 Å². The lowest BCUT2D eigenvalue weighted by Gasteiger charge is -2.38. The highest BCUT2D eigenvalue weighted by atomic mass is 35.5. The standard InChI is InChI=1S/C26H37ClF3N5O5/c1-4-25(2,3)18(32-21(37)16-10-26(16,29)30)23(39)34-11-13-6-5-7-15(13)17(34)22(38)33-35(24(40)19(27)28)12-14-8-9-31-20(14)36/h13-19H,4-12H2,1-3H3,(H,31,36)(H,32,37)(H,33,38)/t13-,14-,15-,16?,17-,18+,19-/m0/s1. The van der Waals surface area contributed by atoms with Crippen molar-refractivity contribution >= 4 is 41.1 Å². The molecule has 7 atom stereocenters. The Morgan fingerprint density at radius 1 is 1.20 bits per heavy atom. The van der Waals surface area contributed by atoms with Crippen LogP contribution >= 0.6 is 11.6 Å². The molecule has 0 aromatic heterocycles. The molecule has 2 aliphatic carbocycles. The SMILES string of the molecule is CCC(C)(C)[C@H](NC(=O)C1CC1(F)F)C(=O)N1C[C@@H]2CCC[C@@H]2[C@H]1C(=O)NN(C[C@@H]1CCNC1=O)C(=O)[C@H](F)Cl. The lowest BCUT2D eigenvalue weighted by molar-refractivity contribution is -0.151. The second kappa shape index (κ2) is 11.4. The average molecular weight is 592 g/mol. The van der Waals surface area contributed by atoms with E-state index in [1.165, 1.54) is 4.90 Å². The van der Waals surface area contributed by atoms with Gasteiger partial charge in [-0.15, -0.1) is 0 Å². The van der Waals surface area contributed by atoms with Crippen LogP contribution in [-0.4, -0.2) is 82.7 Å². The molecule has 2 heterocycles. The maximum absolute atomic E-state index is 14.0. The number of hydrogen-bond acceptors (Lipinski definition) is 5. The number of alkyl halides is 4. The molecule has 5 amide bonds. The molecule has 40 heavy (non-hydrogen) atoms. The largest absolute Gasteiger partial charge is 0.356 e. The number of nitrogens with zero attached hydrogens (tertiary/aromatic N) is 2. The second-order valence-corrected chi connectivity index (χ2v) is 12.5. The third-order valence-electron chi connectivity index (χ3n) is 9.07. The van der Waals surface area contributed by atoms with Crippen LogP contribution in [0.5, 0.6) is 0 Å². The number of carbonyl (C=O) groups excluding carboxylic acids is 5. The van der Waals surface area contributed by atoms with E-state index in [4.69, 9.17) is 11.6 Å². The number of hydrazine groups is 1. The van der Waals surface area contributed by atoms with Crippen LogP contribution in [0.15, 0.2) is 0 Å². The number of likely N-dealkylation sites (tertiary alicyclic amines) is 1. The van der Waals surface area contributed by atoms with Crippen molar-refractivity contribution in [3.63, 3.8) is 0 Å². The number of fused-ring (bicyclic) bond motifs is 1. The molecule has 4 rings (SSSR count). The van der Waals surface area contributed by atoms with Crippen LogP contribution in [0.1, 0.15) is 59.3 Å². The van der Waals surface area contributed by atoms with Crippen LogP contribution in [0.2, 0.25) is 0 Å². The molecule has 224 valence electrons. The summed E-state index contributed by atoms with van der Waals surface area (Å²) in [6.45, 7) is 5.58. The van der Waals surface area contributed by atoms with Crippen molar-refractivity contribution in [2.75, 3.05) is 19.6 Å². The van der Waals surface area contributed by atoms with E-state index < -0.39 is 70.9 Å². The highest BCUT2D eigenvalue weighted by molar-refractivity contribution is 6.29. The van der Waals surface area contributed by atoms with Gasteiger partial charge in [-0.3, -0.25) is 29.4 Å². The first-order chi connectivity index (χ1) is 18.7. The minimum absolute atomic E-state index is 0.0136. The first-order valence-electron chi connectivity index (χ1n) is 13.8. The van der Waals surface area contributed by atoms with E-state index in [1.54, 1.807) is 13.8 Å². The van der Waals surface area contributed by atoms with Crippen molar-refractivity contribution in [3.05, 3.63) is 0 Å². The van der Waals surface area contributed by atoms with Crippen molar-refractivity contribution in [1.29, 1.82) is 0 Å². The van der Waals surface area contributed by atoms with Gasteiger partial charge >= 0.3 is 0 Å². The van der Waals surface area contributed by atoms with Gasteiger partial charge in [0.25, 0.3) is 23.4 Å². The maximum atomic E-state index is 14.0. The van der Waals surface area contributed by atoms with Crippen molar-refractivity contribution in [3.8, 4) is 0 Å². The summed E-state index contributed by atoms with van der Waals surface area (Å²) in [5.41, 5.74) is -0.872. The molecule has 1 unspecified atom stereocenters. The fraction of sp³-hybridized carbons (Fsp3) is 0.808. The number of carbonyl (C=O) groups is 5. The molecule has 4 fully saturated rings. The van der Waals surface area contributed by atoms with E-state index >= 15 is 0 Å². The van der Waals surface area contributed by atoms with Crippen LogP contribution in [0.4, 0.5) is 13.2 Å². The summed E-state index contributed by atoms with van der Waals surface area (Å²) < 4.78 is 41.1. The van der Waals surface area contributed by atoms with Gasteiger partial charge in [0.2, 0.25) is 17.7 Å². The Morgan fingerprint density at radius 2 is 1.88 bits per heavy atom. The zero-order chi connectivity index (χ0) is 29.6. The normalized spacial score (nSPS) is 30.2. The zero-order valence-electron chi connectivity index (χ0n) is 22.9. The van der Waals surface area contributed by atoms with Crippen LogP contribution in [0.25, 0.3) is 0 Å². The van der Waals surface area contributed by atoms with Crippen molar-refractivity contribution in [1.82, 2.24) is 26.0 Å². The predicted octanol–water partition coefficient (Wildman–Crippen LogP) is 1.72. The highest BCUT2D eigenvalue weighted by Gasteiger charge is 2.62. The summed E-state index contributed by atoms with van der Waals surface area (Å²) in [4.78, 5) is 66.3. The molecule has 2 saturated heterocycles. The molecule has 2 aliphatic heterocycles. The Labute approximate surface area is 236 Å². The van der Waals surface area contributed by atoms with Crippen LogP contribution < -0.4 is 16.1 Å². The van der Waals surface area contributed by atoms with Crippen molar-refractivity contribution in [2.45, 2.75) is 82.9 Å². The lowest BCUT2D eigenvalue weighted by atomic mass is 9.80. The summed E-state index contributed by atoms with van der Waals surface area (Å²) in [7, 11) is 0. The Balaban J connectivity index is 1.57. The Bertz CT molecular complexity index is 1060. The summed E-state index contributed by atoms with van der Waals surface area (Å²) >= 11 is 5.40. The Kier molecular flexibility index (Phi) is 8.64. The first kappa shape index (κ1) is 30.4. The fourth-order valence-electron chi connectivity index (χ4n) is 6.12. The highest BCUT2D eigenvalue weighted by Crippen LogP contribution is 2.49.